The van der Waals surface area contributed by atoms with Gasteiger partial charge in [-0.05, 0) is 36.4 Å². The van der Waals surface area contributed by atoms with Crippen LogP contribution in [0.4, 0.5) is 0 Å². The van der Waals surface area contributed by atoms with Crippen LogP contribution in [0.2, 0.25) is 0 Å². The van der Waals surface area contributed by atoms with Gasteiger partial charge in [0.25, 0.3) is 15.9 Å². The van der Waals surface area contributed by atoms with Crippen molar-refractivity contribution in [2.75, 3.05) is 7.11 Å². The molecule has 0 spiro atoms. The Morgan fingerprint density at radius 2 is 1.76 bits per heavy atom. The lowest BCUT2D eigenvalue weighted by Gasteiger charge is -2.10. The number of hydrazine groups is 1. The second-order valence-electron chi connectivity index (χ2n) is 5.12. The van der Waals surface area contributed by atoms with Crippen LogP contribution in [0.1, 0.15) is 10.4 Å². The van der Waals surface area contributed by atoms with Crippen molar-refractivity contribution in [2.45, 2.75) is 4.90 Å². The number of carbonyl (C=O) groups is 1. The molecule has 3 aromatic rings. The van der Waals surface area contributed by atoms with E-state index in [-0.39, 0.29) is 4.90 Å². The van der Waals surface area contributed by atoms with Crippen molar-refractivity contribution >= 4 is 26.8 Å². The van der Waals surface area contributed by atoms with E-state index in [4.69, 9.17) is 4.74 Å². The van der Waals surface area contributed by atoms with Gasteiger partial charge in [0.2, 0.25) is 0 Å². The molecule has 0 bridgehead atoms. The second-order valence-corrected chi connectivity index (χ2v) is 6.77. The predicted octanol–water partition coefficient (Wildman–Crippen LogP) is 1.87. The fourth-order valence-electron chi connectivity index (χ4n) is 2.28. The number of nitrogens with one attached hydrogen (secondary N) is 2. The first-order valence-corrected chi connectivity index (χ1v) is 8.79. The lowest BCUT2D eigenvalue weighted by Crippen LogP contribution is -2.41. The summed E-state index contributed by atoms with van der Waals surface area (Å²) in [7, 11) is -2.46. The third-order valence-corrected chi connectivity index (χ3v) is 4.82. The van der Waals surface area contributed by atoms with E-state index < -0.39 is 15.9 Å². The van der Waals surface area contributed by atoms with Crippen molar-refractivity contribution in [3.63, 3.8) is 0 Å². The summed E-state index contributed by atoms with van der Waals surface area (Å²) >= 11 is 0. The largest absolute Gasteiger partial charge is 0.497 e. The van der Waals surface area contributed by atoms with Gasteiger partial charge >= 0.3 is 0 Å². The fraction of sp³-hybridized carbons (Fsp3) is 0.0588. The van der Waals surface area contributed by atoms with E-state index in [1.165, 1.54) is 31.5 Å². The van der Waals surface area contributed by atoms with Crippen LogP contribution >= 0.6 is 0 Å². The maximum absolute atomic E-state index is 12.5. The molecule has 1 heterocycles. The van der Waals surface area contributed by atoms with Crippen molar-refractivity contribution < 1.29 is 17.9 Å². The Balaban J connectivity index is 1.80. The molecule has 25 heavy (non-hydrogen) atoms. The first-order chi connectivity index (χ1) is 12.0. The topological polar surface area (TPSA) is 97.4 Å². The van der Waals surface area contributed by atoms with Crippen LogP contribution in [0.25, 0.3) is 10.9 Å². The van der Waals surface area contributed by atoms with Gasteiger partial charge in [-0.25, -0.2) is 8.42 Å². The Morgan fingerprint density at radius 3 is 2.48 bits per heavy atom. The SMILES string of the molecule is COc1ccc(C(=O)NNS(=O)(=O)c2cccc3cccnc23)cc1. The highest BCUT2D eigenvalue weighted by Crippen LogP contribution is 2.20. The minimum Gasteiger partial charge on any atom is -0.497 e. The molecule has 2 aromatic carbocycles. The van der Waals surface area contributed by atoms with Gasteiger partial charge in [0, 0.05) is 17.1 Å². The molecule has 0 saturated heterocycles. The summed E-state index contributed by atoms with van der Waals surface area (Å²) in [4.78, 5) is 18.3. The van der Waals surface area contributed by atoms with Gasteiger partial charge in [-0.3, -0.25) is 15.2 Å². The number of nitrogens with zero attached hydrogens (tertiary/aromatic N) is 1. The summed E-state index contributed by atoms with van der Waals surface area (Å²) in [5, 5.41) is 0.687. The van der Waals surface area contributed by atoms with Gasteiger partial charge in [-0.15, -0.1) is 4.83 Å². The molecule has 1 aromatic heterocycles. The van der Waals surface area contributed by atoms with Gasteiger partial charge in [-0.1, -0.05) is 18.2 Å². The van der Waals surface area contributed by atoms with E-state index in [1.807, 2.05) is 0 Å². The molecule has 0 saturated carbocycles. The van der Waals surface area contributed by atoms with Gasteiger partial charge in [-0.2, -0.15) is 0 Å². The van der Waals surface area contributed by atoms with Crippen LogP contribution in [-0.4, -0.2) is 26.4 Å². The normalized spacial score (nSPS) is 11.2. The van der Waals surface area contributed by atoms with Crippen LogP contribution < -0.4 is 15.0 Å². The Kier molecular flexibility index (Phi) is 4.64. The van der Waals surface area contributed by atoms with Gasteiger partial charge in [0.05, 0.1) is 12.6 Å². The molecule has 3 rings (SSSR count). The molecule has 0 fully saturated rings. The number of rotatable bonds is 5. The third kappa shape index (κ3) is 3.59. The number of sulfonamides is 1. The van der Waals surface area contributed by atoms with E-state index >= 15 is 0 Å². The average molecular weight is 357 g/mol. The van der Waals surface area contributed by atoms with E-state index in [1.54, 1.807) is 36.4 Å². The number of benzene rings is 2. The Labute approximate surface area is 144 Å². The van der Waals surface area contributed by atoms with Crippen molar-refractivity contribution in [1.82, 2.24) is 15.2 Å². The quantitative estimate of drug-likeness (QED) is 0.680. The van der Waals surface area contributed by atoms with Crippen molar-refractivity contribution in [3.05, 3.63) is 66.4 Å². The summed E-state index contributed by atoms with van der Waals surface area (Å²) in [5.74, 6) is 0.0124. The highest BCUT2D eigenvalue weighted by molar-refractivity contribution is 7.89. The Hall–Kier alpha value is -2.97. The number of pyridine rings is 1. The lowest BCUT2D eigenvalue weighted by molar-refractivity contribution is 0.0945. The van der Waals surface area contributed by atoms with Crippen LogP contribution in [0, 0.1) is 0 Å². The molecule has 8 heteroatoms. The number of methoxy groups -OCH3 is 1. The summed E-state index contributed by atoms with van der Waals surface area (Å²) in [6.45, 7) is 0. The number of carbonyl (C=O) groups excluding carboxylic acids is 1. The number of amides is 1. The molecular formula is C17H15N3O4S. The fourth-order valence-corrected chi connectivity index (χ4v) is 3.30. The zero-order valence-corrected chi connectivity index (χ0v) is 14.1. The number of hydrogen-bond acceptors (Lipinski definition) is 5. The first kappa shape index (κ1) is 16.9. The van der Waals surface area contributed by atoms with Crippen LogP contribution in [0.15, 0.2) is 65.7 Å². The molecule has 2 N–H and O–H groups in total. The molecule has 0 aliphatic carbocycles. The third-order valence-electron chi connectivity index (χ3n) is 3.54. The molecule has 7 nitrogen and oxygen atoms in total. The van der Waals surface area contributed by atoms with Gasteiger partial charge in [0.1, 0.15) is 10.6 Å². The molecule has 128 valence electrons. The predicted molar refractivity (Wildman–Crippen MR) is 92.5 cm³/mol. The molecule has 1 amide bonds. The Bertz CT molecular complexity index is 1010. The van der Waals surface area contributed by atoms with E-state index in [9.17, 15) is 13.2 Å². The Morgan fingerprint density at radius 1 is 1.04 bits per heavy atom. The van der Waals surface area contributed by atoms with Crippen molar-refractivity contribution in [3.8, 4) is 5.75 Å². The molecule has 0 aliphatic heterocycles. The zero-order chi connectivity index (χ0) is 17.9. The van der Waals surface area contributed by atoms with Crippen LogP contribution in [0.5, 0.6) is 5.75 Å². The summed E-state index contributed by atoms with van der Waals surface area (Å²) in [6.07, 6.45) is 1.51. The van der Waals surface area contributed by atoms with E-state index in [2.05, 4.69) is 15.2 Å². The standard InChI is InChI=1S/C17H15N3O4S/c1-24-14-9-7-13(8-10-14)17(21)19-20-25(22,23)15-6-2-4-12-5-3-11-18-16(12)15/h2-11,20H,1H3,(H,19,21). The maximum Gasteiger partial charge on any atom is 0.266 e. The highest BCUT2D eigenvalue weighted by atomic mass is 32.2. The minimum absolute atomic E-state index is 0.0133. The summed E-state index contributed by atoms with van der Waals surface area (Å²) in [6, 6.07) is 14.6. The number of hydrogen-bond donors (Lipinski definition) is 2. The first-order valence-electron chi connectivity index (χ1n) is 7.31. The smallest absolute Gasteiger partial charge is 0.266 e. The zero-order valence-electron chi connectivity index (χ0n) is 13.3. The van der Waals surface area contributed by atoms with Crippen LogP contribution in [0.3, 0.4) is 0 Å². The molecule has 0 atom stereocenters. The molecule has 0 aliphatic rings. The second kappa shape index (κ2) is 6.88. The molecule has 0 radical (unpaired) electrons. The van der Waals surface area contributed by atoms with Gasteiger partial charge in [0.15, 0.2) is 0 Å². The number of ether oxygens (including phenoxy) is 1. The summed E-state index contributed by atoms with van der Waals surface area (Å²) in [5.41, 5.74) is 2.82. The highest BCUT2D eigenvalue weighted by Gasteiger charge is 2.19. The van der Waals surface area contributed by atoms with Crippen LogP contribution in [-0.2, 0) is 10.0 Å². The lowest BCUT2D eigenvalue weighted by atomic mass is 10.2. The number of aromatic nitrogens is 1. The number of fused-ring (bicyclic) bond motifs is 1. The van der Waals surface area contributed by atoms with E-state index in [0.717, 1.165) is 0 Å². The van der Waals surface area contributed by atoms with E-state index in [0.29, 0.717) is 22.2 Å². The summed E-state index contributed by atoms with van der Waals surface area (Å²) < 4.78 is 30.0. The minimum atomic E-state index is -3.97. The molecule has 0 unspecified atom stereocenters. The van der Waals surface area contributed by atoms with Crippen molar-refractivity contribution in [1.29, 1.82) is 0 Å². The monoisotopic (exact) mass is 357 g/mol. The maximum atomic E-state index is 12.5. The average Bonchev–Trinajstić information content (AvgIpc) is 2.65. The van der Waals surface area contributed by atoms with Gasteiger partial charge < -0.3 is 4.74 Å². The number of para-hydroxylation sites is 1. The van der Waals surface area contributed by atoms with Crippen molar-refractivity contribution in [2.24, 2.45) is 0 Å². The molecular weight excluding hydrogens is 342 g/mol.